The summed E-state index contributed by atoms with van der Waals surface area (Å²) in [5, 5.41) is 11.0. The lowest BCUT2D eigenvalue weighted by Crippen LogP contribution is -2.66. The Morgan fingerprint density at radius 2 is 1.54 bits per heavy atom. The molecule has 5 aliphatic carbocycles. The number of aliphatic hydroxyl groups excluding tert-OH is 1. The number of rotatable bonds is 1. The van der Waals surface area contributed by atoms with Crippen LogP contribution in [0.1, 0.15) is 126 Å². The van der Waals surface area contributed by atoms with Crippen LogP contribution in [0.25, 0.3) is 0 Å². The Bertz CT molecular complexity index is 1090. The number of nitrogens with zero attached hydrogens (tertiary/aromatic N) is 1. The van der Waals surface area contributed by atoms with Gasteiger partial charge in [-0.3, -0.25) is 9.59 Å². The van der Waals surface area contributed by atoms with Crippen LogP contribution in [-0.2, 0) is 9.59 Å². The van der Waals surface area contributed by atoms with E-state index in [0.717, 1.165) is 77.3 Å². The molecule has 0 aromatic carbocycles. The molecule has 0 aromatic rings. The number of fused-ring (bicyclic) bond motifs is 7. The lowest BCUT2D eigenvalue weighted by Gasteiger charge is -2.70. The van der Waals surface area contributed by atoms with Gasteiger partial charge in [0.1, 0.15) is 0 Å². The molecule has 4 saturated carbocycles. The zero-order valence-electron chi connectivity index (χ0n) is 26.0. The van der Waals surface area contributed by atoms with E-state index < -0.39 is 0 Å². The van der Waals surface area contributed by atoms with Crippen molar-refractivity contribution in [2.24, 2.45) is 50.2 Å². The van der Waals surface area contributed by atoms with Crippen LogP contribution in [0, 0.1) is 50.2 Å². The fraction of sp³-hybridized carbons (Fsp3) is 0.886. The maximum atomic E-state index is 14.5. The van der Waals surface area contributed by atoms with Crippen molar-refractivity contribution in [3.63, 3.8) is 0 Å². The van der Waals surface area contributed by atoms with E-state index in [1.54, 1.807) is 0 Å². The van der Waals surface area contributed by atoms with Gasteiger partial charge in [-0.2, -0.15) is 0 Å². The average Bonchev–Trinajstić information content (AvgIpc) is 2.89. The minimum atomic E-state index is -0.325. The molecule has 1 aliphatic heterocycles. The summed E-state index contributed by atoms with van der Waals surface area (Å²) in [6.45, 7) is 18.4. The third kappa shape index (κ3) is 3.64. The molecule has 1 saturated heterocycles. The predicted octanol–water partition coefficient (Wildman–Crippen LogP) is 7.34. The van der Waals surface area contributed by atoms with Gasteiger partial charge in [0.05, 0.1) is 6.10 Å². The van der Waals surface area contributed by atoms with E-state index in [-0.39, 0.29) is 44.5 Å². The molecule has 4 heteroatoms. The molecule has 39 heavy (non-hydrogen) atoms. The number of aliphatic hydroxyl groups is 1. The van der Waals surface area contributed by atoms with E-state index in [4.69, 9.17) is 0 Å². The number of piperidine rings is 1. The highest BCUT2D eigenvalue weighted by Gasteiger charge is 2.70. The van der Waals surface area contributed by atoms with Crippen LogP contribution in [0.15, 0.2) is 11.6 Å². The Balaban J connectivity index is 1.39. The van der Waals surface area contributed by atoms with Crippen molar-refractivity contribution >= 4 is 11.7 Å². The summed E-state index contributed by atoms with van der Waals surface area (Å²) in [4.78, 5) is 30.6. The van der Waals surface area contributed by atoms with Gasteiger partial charge in [-0.05, 0) is 122 Å². The van der Waals surface area contributed by atoms with Gasteiger partial charge in [-0.25, -0.2) is 0 Å². The Labute approximate surface area is 237 Å². The minimum Gasteiger partial charge on any atom is -0.393 e. The van der Waals surface area contributed by atoms with Crippen LogP contribution in [0.4, 0.5) is 0 Å². The molecule has 6 aliphatic rings. The van der Waals surface area contributed by atoms with E-state index in [9.17, 15) is 14.7 Å². The van der Waals surface area contributed by atoms with Gasteiger partial charge in [0, 0.05) is 24.4 Å². The zero-order chi connectivity index (χ0) is 28.2. The third-order valence-electron chi connectivity index (χ3n) is 14.7. The van der Waals surface area contributed by atoms with E-state index >= 15 is 0 Å². The van der Waals surface area contributed by atoms with E-state index in [1.165, 1.54) is 18.4 Å². The normalized spacial score (nSPS) is 51.1. The fourth-order valence-electron chi connectivity index (χ4n) is 11.8. The lowest BCUT2D eigenvalue weighted by molar-refractivity contribution is -0.202. The number of carbonyl (C=O) groups is 2. The Kier molecular flexibility index (Phi) is 6.23. The molecule has 9 atom stereocenters. The topological polar surface area (TPSA) is 57.6 Å². The van der Waals surface area contributed by atoms with Crippen molar-refractivity contribution in [1.29, 1.82) is 0 Å². The van der Waals surface area contributed by atoms with Gasteiger partial charge >= 0.3 is 0 Å². The Morgan fingerprint density at radius 1 is 0.872 bits per heavy atom. The monoisotopic (exact) mass is 537 g/mol. The van der Waals surface area contributed by atoms with Crippen LogP contribution in [0.2, 0.25) is 0 Å². The maximum Gasteiger partial charge on any atom is 0.228 e. The van der Waals surface area contributed by atoms with E-state index in [0.29, 0.717) is 23.5 Å². The van der Waals surface area contributed by atoms with Crippen molar-refractivity contribution in [2.45, 2.75) is 132 Å². The molecular formula is C35H55NO3. The van der Waals surface area contributed by atoms with Crippen molar-refractivity contribution in [1.82, 2.24) is 4.90 Å². The first kappa shape index (κ1) is 28.0. The first-order chi connectivity index (χ1) is 18.1. The zero-order valence-corrected chi connectivity index (χ0v) is 26.0. The number of carbonyl (C=O) groups excluding carboxylic acids is 2. The first-order valence-electron chi connectivity index (χ1n) is 16.4. The highest BCUT2D eigenvalue weighted by molar-refractivity contribution is 5.95. The first-order valence-corrected chi connectivity index (χ1v) is 16.4. The second kappa shape index (κ2) is 8.68. The average molecular weight is 538 g/mol. The molecule has 1 unspecified atom stereocenters. The number of likely N-dealkylation sites (tertiary alicyclic amines) is 1. The van der Waals surface area contributed by atoms with Crippen molar-refractivity contribution in [3.05, 3.63) is 11.6 Å². The number of ketones is 1. The number of hydrogen-bond acceptors (Lipinski definition) is 3. The molecular weight excluding hydrogens is 482 g/mol. The molecule has 1 amide bonds. The summed E-state index contributed by atoms with van der Waals surface area (Å²) in [7, 11) is 0. The molecule has 0 spiro atoms. The standard InChI is InChI=1S/C35H55NO3/c1-30(2)26-11-14-35(7)28(33(26,5)13-12-27(30)38)25(37)21-23-24-22-32(4,29(39)36-19-9-8-10-20-36)16-15-31(24,3)17-18-34(23,35)6/h21,24,26-28,38H,8-20,22H2,1-7H3/t24-,26?,27-,28+,31+,32-,33-,34+,35+/m0/s1. The Hall–Kier alpha value is -1.16. The van der Waals surface area contributed by atoms with Gasteiger partial charge in [0.25, 0.3) is 0 Å². The van der Waals surface area contributed by atoms with Gasteiger partial charge in [-0.1, -0.05) is 54.0 Å². The highest BCUT2D eigenvalue weighted by atomic mass is 16.3. The van der Waals surface area contributed by atoms with Crippen molar-refractivity contribution in [2.75, 3.05) is 13.1 Å². The number of hydrogen-bond donors (Lipinski definition) is 1. The molecule has 6 rings (SSSR count). The van der Waals surface area contributed by atoms with Gasteiger partial charge in [0.15, 0.2) is 5.78 Å². The lowest BCUT2D eigenvalue weighted by atomic mass is 9.33. The van der Waals surface area contributed by atoms with Gasteiger partial charge in [-0.15, -0.1) is 0 Å². The SMILES string of the molecule is CC1(C)C2CC[C@]3(C)[C@H](C(=O)C=C4[C@@H]5C[C@@](C)(C(=O)N6CCCCC6)CC[C@]5(C)CC[C@]43C)[C@@]2(C)CC[C@@H]1O. The quantitative estimate of drug-likeness (QED) is 0.381. The summed E-state index contributed by atoms with van der Waals surface area (Å²) in [5.41, 5.74) is 0.910. The van der Waals surface area contributed by atoms with Gasteiger partial charge < -0.3 is 10.0 Å². The molecule has 4 nitrogen and oxygen atoms in total. The summed E-state index contributed by atoms with van der Waals surface area (Å²) >= 11 is 0. The maximum absolute atomic E-state index is 14.5. The van der Waals surface area contributed by atoms with Crippen LogP contribution < -0.4 is 0 Å². The third-order valence-corrected chi connectivity index (χ3v) is 14.7. The van der Waals surface area contributed by atoms with Crippen molar-refractivity contribution in [3.8, 4) is 0 Å². The molecule has 0 radical (unpaired) electrons. The van der Waals surface area contributed by atoms with Gasteiger partial charge in [0.2, 0.25) is 5.91 Å². The van der Waals surface area contributed by atoms with Crippen LogP contribution in [0.5, 0.6) is 0 Å². The highest BCUT2D eigenvalue weighted by Crippen LogP contribution is 2.75. The van der Waals surface area contributed by atoms with E-state index in [2.05, 4.69) is 59.4 Å². The van der Waals surface area contributed by atoms with Crippen LogP contribution in [-0.4, -0.2) is 40.9 Å². The number of amides is 1. The smallest absolute Gasteiger partial charge is 0.228 e. The summed E-state index contributed by atoms with van der Waals surface area (Å²) in [6.07, 6.45) is 14.5. The summed E-state index contributed by atoms with van der Waals surface area (Å²) < 4.78 is 0. The molecule has 218 valence electrons. The summed E-state index contributed by atoms with van der Waals surface area (Å²) in [6, 6.07) is 0. The van der Waals surface area contributed by atoms with Crippen molar-refractivity contribution < 1.29 is 14.7 Å². The molecule has 1 N–H and O–H groups in total. The van der Waals surface area contributed by atoms with E-state index in [1.807, 2.05) is 0 Å². The molecule has 5 fully saturated rings. The fourth-order valence-corrected chi connectivity index (χ4v) is 11.8. The molecule has 0 aromatic heterocycles. The largest absolute Gasteiger partial charge is 0.393 e. The predicted molar refractivity (Wildman–Crippen MR) is 156 cm³/mol. The second-order valence-electron chi connectivity index (χ2n) is 17.0. The summed E-state index contributed by atoms with van der Waals surface area (Å²) in [5.74, 6) is 1.41. The van der Waals surface area contributed by atoms with Crippen LogP contribution in [0.3, 0.4) is 0 Å². The number of allylic oxidation sites excluding steroid dienone is 2. The minimum absolute atomic E-state index is 0.0126. The second-order valence-corrected chi connectivity index (χ2v) is 17.0. The molecule has 1 heterocycles. The Morgan fingerprint density at radius 3 is 2.23 bits per heavy atom. The molecule has 0 bridgehead atoms. The van der Waals surface area contributed by atoms with Crippen LogP contribution >= 0.6 is 0 Å².